The number of nitrogens with zero attached hydrogens (tertiary/aromatic N) is 2. The van der Waals surface area contributed by atoms with Crippen LogP contribution in [0.2, 0.25) is 0 Å². The van der Waals surface area contributed by atoms with Gasteiger partial charge in [-0.15, -0.1) is 11.3 Å². The van der Waals surface area contributed by atoms with Gasteiger partial charge in [-0.3, -0.25) is 14.4 Å². The molecule has 2 aromatic rings. The first-order chi connectivity index (χ1) is 13.4. The normalized spacial score (nSPS) is 14.1. The summed E-state index contributed by atoms with van der Waals surface area (Å²) in [6.07, 6.45) is 2.54. The molecule has 3 rings (SSSR count). The van der Waals surface area contributed by atoms with Crippen LogP contribution in [0.25, 0.3) is 0 Å². The molecule has 1 aliphatic rings. The van der Waals surface area contributed by atoms with Gasteiger partial charge in [0.25, 0.3) is 5.91 Å². The van der Waals surface area contributed by atoms with Crippen molar-refractivity contribution in [3.8, 4) is 0 Å². The zero-order valence-corrected chi connectivity index (χ0v) is 18.0. The Labute approximate surface area is 176 Å². The van der Waals surface area contributed by atoms with E-state index >= 15 is 0 Å². The fourth-order valence-corrected chi connectivity index (χ4v) is 4.46. The number of benzene rings is 1. The van der Waals surface area contributed by atoms with Gasteiger partial charge in [0.2, 0.25) is 11.8 Å². The smallest absolute Gasteiger partial charge is 0.264 e. The Morgan fingerprint density at radius 1 is 1.25 bits per heavy atom. The molecule has 1 saturated heterocycles. The van der Waals surface area contributed by atoms with E-state index in [2.05, 4.69) is 21.2 Å². The summed E-state index contributed by atoms with van der Waals surface area (Å²) in [5.41, 5.74) is 1.78. The minimum absolute atomic E-state index is 0.0152. The number of nitrogens with one attached hydrogen (secondary N) is 1. The average molecular weight is 464 g/mol. The molecule has 28 heavy (non-hydrogen) atoms. The summed E-state index contributed by atoms with van der Waals surface area (Å²) in [7, 11) is 1.61. The zero-order chi connectivity index (χ0) is 20.1. The second-order valence-electron chi connectivity index (χ2n) is 6.71. The van der Waals surface area contributed by atoms with Crippen LogP contribution in [0.4, 0.5) is 5.69 Å². The molecule has 0 aliphatic carbocycles. The van der Waals surface area contributed by atoms with Crippen LogP contribution >= 0.6 is 27.3 Å². The Morgan fingerprint density at radius 2 is 2.07 bits per heavy atom. The van der Waals surface area contributed by atoms with E-state index in [4.69, 9.17) is 0 Å². The first-order valence-electron chi connectivity index (χ1n) is 9.11. The molecule has 0 bridgehead atoms. The lowest BCUT2D eigenvalue weighted by Gasteiger charge is -2.27. The van der Waals surface area contributed by atoms with Crippen LogP contribution in [-0.4, -0.2) is 42.8 Å². The number of rotatable bonds is 6. The topological polar surface area (TPSA) is 69.7 Å². The fourth-order valence-electron chi connectivity index (χ4n) is 3.07. The number of likely N-dealkylation sites (N-methyl/N-ethyl adjacent to an activating group) is 1. The SMILES string of the molecule is CN(CC(=O)NCc1cccc(N2CCCCC2=O)c1)C(=O)c1ccc(Br)s1. The van der Waals surface area contributed by atoms with Crippen LogP contribution in [0.15, 0.2) is 40.2 Å². The summed E-state index contributed by atoms with van der Waals surface area (Å²) in [6.45, 7) is 1.07. The number of piperidine rings is 1. The number of thiophene rings is 1. The van der Waals surface area contributed by atoms with E-state index in [1.165, 1.54) is 16.2 Å². The maximum absolute atomic E-state index is 12.3. The molecule has 0 atom stereocenters. The van der Waals surface area contributed by atoms with Gasteiger partial charge >= 0.3 is 0 Å². The van der Waals surface area contributed by atoms with Gasteiger partial charge in [0.1, 0.15) is 0 Å². The zero-order valence-electron chi connectivity index (χ0n) is 15.6. The summed E-state index contributed by atoms with van der Waals surface area (Å²) in [5.74, 6) is -0.268. The van der Waals surface area contributed by atoms with E-state index in [1.54, 1.807) is 18.0 Å². The Kier molecular flexibility index (Phi) is 6.85. The van der Waals surface area contributed by atoms with Crippen molar-refractivity contribution in [2.24, 2.45) is 0 Å². The molecule has 0 unspecified atom stereocenters. The lowest BCUT2D eigenvalue weighted by molar-refractivity contribution is -0.122. The molecular weight excluding hydrogens is 442 g/mol. The van der Waals surface area contributed by atoms with Gasteiger partial charge in [-0.2, -0.15) is 0 Å². The summed E-state index contributed by atoms with van der Waals surface area (Å²) in [6, 6.07) is 11.2. The van der Waals surface area contributed by atoms with Crippen LogP contribution in [0.1, 0.15) is 34.5 Å². The monoisotopic (exact) mass is 463 g/mol. The highest BCUT2D eigenvalue weighted by Gasteiger charge is 2.20. The lowest BCUT2D eigenvalue weighted by Crippen LogP contribution is -2.38. The number of halogens is 1. The van der Waals surface area contributed by atoms with Gasteiger partial charge in [-0.25, -0.2) is 0 Å². The average Bonchev–Trinajstić information content (AvgIpc) is 3.12. The van der Waals surface area contributed by atoms with Gasteiger partial charge in [-0.1, -0.05) is 12.1 Å². The number of anilines is 1. The van der Waals surface area contributed by atoms with Crippen molar-refractivity contribution in [1.82, 2.24) is 10.2 Å². The van der Waals surface area contributed by atoms with Crippen LogP contribution in [0.3, 0.4) is 0 Å². The van der Waals surface area contributed by atoms with E-state index in [9.17, 15) is 14.4 Å². The second kappa shape index (κ2) is 9.34. The molecule has 3 amide bonds. The van der Waals surface area contributed by atoms with Crippen molar-refractivity contribution in [2.75, 3.05) is 25.0 Å². The third kappa shape index (κ3) is 5.20. The number of amides is 3. The fraction of sp³-hybridized carbons (Fsp3) is 0.350. The molecule has 2 heterocycles. The van der Waals surface area contributed by atoms with Crippen molar-refractivity contribution in [3.63, 3.8) is 0 Å². The molecule has 1 fully saturated rings. The highest BCUT2D eigenvalue weighted by atomic mass is 79.9. The molecule has 148 valence electrons. The van der Waals surface area contributed by atoms with Crippen molar-refractivity contribution in [3.05, 3.63) is 50.6 Å². The molecule has 1 aromatic carbocycles. The van der Waals surface area contributed by atoms with Crippen LogP contribution in [-0.2, 0) is 16.1 Å². The van der Waals surface area contributed by atoms with Crippen LogP contribution in [0, 0.1) is 0 Å². The van der Waals surface area contributed by atoms with Gasteiger partial charge in [0, 0.05) is 32.2 Å². The molecule has 1 aliphatic heterocycles. The van der Waals surface area contributed by atoms with Crippen molar-refractivity contribution in [2.45, 2.75) is 25.8 Å². The molecule has 6 nitrogen and oxygen atoms in total. The van der Waals surface area contributed by atoms with Crippen LogP contribution in [0.5, 0.6) is 0 Å². The number of hydrogen-bond acceptors (Lipinski definition) is 4. The van der Waals surface area contributed by atoms with Crippen molar-refractivity contribution >= 4 is 50.7 Å². The minimum Gasteiger partial charge on any atom is -0.350 e. The maximum atomic E-state index is 12.3. The summed E-state index contributed by atoms with van der Waals surface area (Å²) >= 11 is 4.67. The highest BCUT2D eigenvalue weighted by Crippen LogP contribution is 2.23. The standard InChI is InChI=1S/C20H22BrN3O3S/c1-23(20(27)16-8-9-17(21)28-16)13-18(25)22-12-14-5-4-6-15(11-14)24-10-3-2-7-19(24)26/h4-6,8-9,11H,2-3,7,10,12-13H2,1H3,(H,22,25). The summed E-state index contributed by atoms with van der Waals surface area (Å²) < 4.78 is 0.876. The van der Waals surface area contributed by atoms with E-state index in [0.717, 1.165) is 34.4 Å². The number of carbonyl (C=O) groups excluding carboxylic acids is 3. The lowest BCUT2D eigenvalue weighted by atomic mass is 10.1. The molecule has 8 heteroatoms. The quantitative estimate of drug-likeness (QED) is 0.713. The van der Waals surface area contributed by atoms with Gasteiger partial charge in [-0.05, 0) is 58.6 Å². The molecular formula is C20H22BrN3O3S. The van der Waals surface area contributed by atoms with E-state index in [-0.39, 0.29) is 24.3 Å². The number of hydrogen-bond donors (Lipinski definition) is 1. The maximum Gasteiger partial charge on any atom is 0.264 e. The van der Waals surface area contributed by atoms with Gasteiger partial charge < -0.3 is 15.1 Å². The van der Waals surface area contributed by atoms with Gasteiger partial charge in [0.05, 0.1) is 15.2 Å². The first kappa shape index (κ1) is 20.5. The Bertz CT molecular complexity index is 883. The Morgan fingerprint density at radius 3 is 2.79 bits per heavy atom. The van der Waals surface area contributed by atoms with Crippen LogP contribution < -0.4 is 10.2 Å². The summed E-state index contributed by atoms with van der Waals surface area (Å²) in [4.78, 5) is 40.4. The van der Waals surface area contributed by atoms with Gasteiger partial charge in [0.15, 0.2) is 0 Å². The second-order valence-corrected chi connectivity index (χ2v) is 9.18. The van der Waals surface area contributed by atoms with E-state index in [0.29, 0.717) is 17.8 Å². The minimum atomic E-state index is -0.231. The van der Waals surface area contributed by atoms with E-state index < -0.39 is 0 Å². The molecule has 0 spiro atoms. The molecule has 1 aromatic heterocycles. The third-order valence-corrected chi connectivity index (χ3v) is 6.16. The highest BCUT2D eigenvalue weighted by molar-refractivity contribution is 9.11. The first-order valence-corrected chi connectivity index (χ1v) is 10.7. The molecule has 1 N–H and O–H groups in total. The van der Waals surface area contributed by atoms with E-state index in [1.807, 2.05) is 30.3 Å². The summed E-state index contributed by atoms with van der Waals surface area (Å²) in [5, 5.41) is 2.84. The largest absolute Gasteiger partial charge is 0.350 e. The predicted octanol–water partition coefficient (Wildman–Crippen LogP) is 3.42. The number of carbonyl (C=O) groups is 3. The Balaban J connectivity index is 1.53. The Hall–Kier alpha value is -2.19. The van der Waals surface area contributed by atoms with Crippen molar-refractivity contribution < 1.29 is 14.4 Å². The third-order valence-electron chi connectivity index (χ3n) is 4.55. The van der Waals surface area contributed by atoms with Crippen molar-refractivity contribution in [1.29, 1.82) is 0 Å². The predicted molar refractivity (Wildman–Crippen MR) is 113 cm³/mol. The molecule has 0 radical (unpaired) electrons. The molecule has 0 saturated carbocycles.